The van der Waals surface area contributed by atoms with Crippen LogP contribution in [0.3, 0.4) is 0 Å². The van der Waals surface area contributed by atoms with Crippen LogP contribution in [0.5, 0.6) is 5.75 Å². The Kier molecular flexibility index (Phi) is 6.92. The molecule has 2 N–H and O–H groups in total. The Balaban J connectivity index is 1.78. The number of benzene rings is 2. The normalized spacial score (nSPS) is 10.5. The highest BCUT2D eigenvalue weighted by Crippen LogP contribution is 2.32. The summed E-state index contributed by atoms with van der Waals surface area (Å²) in [6, 6.07) is 13.6. The van der Waals surface area contributed by atoms with Crippen LogP contribution in [0.1, 0.15) is 15.9 Å². The number of pyridine rings is 1. The van der Waals surface area contributed by atoms with Crippen LogP contribution in [0.2, 0.25) is 10.2 Å². The number of ketones is 1. The van der Waals surface area contributed by atoms with Crippen LogP contribution in [0.25, 0.3) is 11.1 Å². The summed E-state index contributed by atoms with van der Waals surface area (Å²) in [6.07, 6.45) is 1.63. The summed E-state index contributed by atoms with van der Waals surface area (Å²) in [5.41, 5.74) is 3.37. The summed E-state index contributed by atoms with van der Waals surface area (Å²) in [6.45, 7) is 1.41. The molecule has 0 bridgehead atoms. The quantitative estimate of drug-likeness (QED) is 0.370. The first kappa shape index (κ1) is 21.6. The van der Waals surface area contributed by atoms with Gasteiger partial charge in [0.2, 0.25) is 0 Å². The second-order valence-electron chi connectivity index (χ2n) is 6.47. The molecule has 6 nitrogen and oxygen atoms in total. The minimum Gasteiger partial charge on any atom is -0.480 e. The van der Waals surface area contributed by atoms with Gasteiger partial charge in [0.15, 0.2) is 12.4 Å². The number of para-hydroxylation sites is 2. The van der Waals surface area contributed by atoms with Gasteiger partial charge in [-0.15, -0.1) is 0 Å². The molecule has 0 spiro atoms. The number of halogens is 2. The lowest BCUT2D eigenvalue weighted by Gasteiger charge is -2.13. The number of aromatic nitrogens is 1. The number of aryl methyl sites for hydroxylation is 1. The Bertz CT molecular complexity index is 1100. The van der Waals surface area contributed by atoms with E-state index in [0.29, 0.717) is 32.7 Å². The number of nitrogens with one attached hydrogen (secondary N) is 1. The fraction of sp³-hybridized carbons (Fsp3) is 0.136. The SMILES string of the molecule is Cc1cc(Cl)ncc1-c1cc(C(=O)CNc2ccccc2OCC(=O)O)ccc1Cl. The number of Topliss-reactive ketones (excluding diaryl/α,β-unsaturated/α-hetero) is 1. The number of rotatable bonds is 8. The van der Waals surface area contributed by atoms with Gasteiger partial charge in [-0.05, 0) is 48.9 Å². The highest BCUT2D eigenvalue weighted by Gasteiger charge is 2.14. The van der Waals surface area contributed by atoms with Crippen molar-refractivity contribution in [3.05, 3.63) is 76.0 Å². The van der Waals surface area contributed by atoms with Crippen molar-refractivity contribution in [2.75, 3.05) is 18.5 Å². The van der Waals surface area contributed by atoms with Crippen molar-refractivity contribution < 1.29 is 19.4 Å². The Hall–Kier alpha value is -3.09. The molecule has 0 saturated heterocycles. The smallest absolute Gasteiger partial charge is 0.341 e. The van der Waals surface area contributed by atoms with Crippen molar-refractivity contribution in [1.82, 2.24) is 4.98 Å². The molecule has 1 aromatic heterocycles. The summed E-state index contributed by atoms with van der Waals surface area (Å²) < 4.78 is 5.24. The van der Waals surface area contributed by atoms with E-state index in [1.165, 1.54) is 0 Å². The number of nitrogens with zero attached hydrogens (tertiary/aromatic N) is 1. The zero-order valence-corrected chi connectivity index (χ0v) is 17.5. The summed E-state index contributed by atoms with van der Waals surface area (Å²) in [7, 11) is 0. The van der Waals surface area contributed by atoms with Crippen LogP contribution in [0.4, 0.5) is 5.69 Å². The number of carbonyl (C=O) groups excluding carboxylic acids is 1. The van der Waals surface area contributed by atoms with Gasteiger partial charge in [-0.3, -0.25) is 4.79 Å². The Morgan fingerprint density at radius 2 is 1.87 bits per heavy atom. The third-order valence-electron chi connectivity index (χ3n) is 4.33. The van der Waals surface area contributed by atoms with E-state index in [-0.39, 0.29) is 12.3 Å². The van der Waals surface area contributed by atoms with Gasteiger partial charge in [0, 0.05) is 27.9 Å². The molecule has 0 aliphatic heterocycles. The fourth-order valence-electron chi connectivity index (χ4n) is 2.86. The van der Waals surface area contributed by atoms with Gasteiger partial charge in [0.25, 0.3) is 0 Å². The molecule has 3 rings (SSSR count). The second kappa shape index (κ2) is 9.61. The molecule has 0 fully saturated rings. The number of hydrogen-bond donors (Lipinski definition) is 2. The molecule has 0 aliphatic rings. The topological polar surface area (TPSA) is 88.5 Å². The number of carboxylic acid groups (broad SMARTS) is 1. The van der Waals surface area contributed by atoms with Crippen LogP contribution >= 0.6 is 23.2 Å². The van der Waals surface area contributed by atoms with Crippen LogP contribution in [-0.4, -0.2) is 35.0 Å². The van der Waals surface area contributed by atoms with Crippen LogP contribution in [0.15, 0.2) is 54.7 Å². The van der Waals surface area contributed by atoms with Gasteiger partial charge in [-0.1, -0.05) is 35.3 Å². The van der Waals surface area contributed by atoms with Gasteiger partial charge in [-0.2, -0.15) is 0 Å². The Morgan fingerprint density at radius 1 is 1.10 bits per heavy atom. The molecule has 0 amide bonds. The second-order valence-corrected chi connectivity index (χ2v) is 7.27. The summed E-state index contributed by atoms with van der Waals surface area (Å²) in [5.74, 6) is -0.894. The third kappa shape index (κ3) is 5.28. The first-order valence-electron chi connectivity index (χ1n) is 8.98. The predicted molar refractivity (Wildman–Crippen MR) is 117 cm³/mol. The van der Waals surface area contributed by atoms with Crippen molar-refractivity contribution in [2.24, 2.45) is 0 Å². The number of ether oxygens (including phenoxy) is 1. The molecular weight excluding hydrogens is 427 g/mol. The Labute approximate surface area is 183 Å². The molecule has 154 valence electrons. The third-order valence-corrected chi connectivity index (χ3v) is 4.87. The lowest BCUT2D eigenvalue weighted by atomic mass is 9.99. The fourth-order valence-corrected chi connectivity index (χ4v) is 3.30. The lowest BCUT2D eigenvalue weighted by molar-refractivity contribution is -0.139. The number of carbonyl (C=O) groups is 2. The summed E-state index contributed by atoms with van der Waals surface area (Å²) in [5, 5.41) is 12.7. The van der Waals surface area contributed by atoms with E-state index in [2.05, 4.69) is 10.3 Å². The van der Waals surface area contributed by atoms with E-state index in [1.54, 1.807) is 54.7 Å². The maximum Gasteiger partial charge on any atom is 0.341 e. The highest BCUT2D eigenvalue weighted by molar-refractivity contribution is 6.33. The standard InChI is InChI=1S/C22H18Cl2N2O4/c1-13-8-21(24)26-10-16(13)15-9-14(6-7-17(15)23)19(27)11-25-18-4-2-3-5-20(18)30-12-22(28)29/h2-10,25H,11-12H2,1H3,(H,28,29). The van der Waals surface area contributed by atoms with Gasteiger partial charge in [0.05, 0.1) is 12.2 Å². The van der Waals surface area contributed by atoms with Gasteiger partial charge in [0.1, 0.15) is 10.9 Å². The van der Waals surface area contributed by atoms with E-state index >= 15 is 0 Å². The molecule has 30 heavy (non-hydrogen) atoms. The monoisotopic (exact) mass is 444 g/mol. The van der Waals surface area contributed by atoms with Crippen molar-refractivity contribution in [3.8, 4) is 16.9 Å². The molecular formula is C22H18Cl2N2O4. The number of anilines is 1. The summed E-state index contributed by atoms with van der Waals surface area (Å²) >= 11 is 12.3. The average Bonchev–Trinajstić information content (AvgIpc) is 2.72. The maximum absolute atomic E-state index is 12.8. The first-order chi connectivity index (χ1) is 14.3. The van der Waals surface area contributed by atoms with Crippen LogP contribution in [0, 0.1) is 6.92 Å². The largest absolute Gasteiger partial charge is 0.480 e. The van der Waals surface area contributed by atoms with E-state index in [4.69, 9.17) is 33.0 Å². The Morgan fingerprint density at radius 3 is 2.60 bits per heavy atom. The van der Waals surface area contributed by atoms with E-state index in [0.717, 1.165) is 11.1 Å². The van der Waals surface area contributed by atoms with Crippen molar-refractivity contribution in [2.45, 2.75) is 6.92 Å². The number of carboxylic acids is 1. The van der Waals surface area contributed by atoms with E-state index in [9.17, 15) is 9.59 Å². The zero-order chi connectivity index (χ0) is 21.7. The molecule has 3 aromatic rings. The van der Waals surface area contributed by atoms with Crippen LogP contribution in [-0.2, 0) is 4.79 Å². The molecule has 1 heterocycles. The van der Waals surface area contributed by atoms with E-state index in [1.807, 2.05) is 6.92 Å². The van der Waals surface area contributed by atoms with Crippen LogP contribution < -0.4 is 10.1 Å². The average molecular weight is 445 g/mol. The summed E-state index contributed by atoms with van der Waals surface area (Å²) in [4.78, 5) is 27.6. The molecule has 0 aliphatic carbocycles. The minimum atomic E-state index is -1.08. The molecule has 8 heteroatoms. The maximum atomic E-state index is 12.8. The van der Waals surface area contributed by atoms with E-state index < -0.39 is 12.6 Å². The predicted octanol–water partition coefficient (Wildman–Crippen LogP) is 5.12. The number of hydrogen-bond acceptors (Lipinski definition) is 5. The van der Waals surface area contributed by atoms with Gasteiger partial charge < -0.3 is 15.2 Å². The van der Waals surface area contributed by atoms with Gasteiger partial charge in [-0.25, -0.2) is 9.78 Å². The van der Waals surface area contributed by atoms with Gasteiger partial charge >= 0.3 is 5.97 Å². The molecule has 0 atom stereocenters. The molecule has 0 unspecified atom stereocenters. The highest BCUT2D eigenvalue weighted by atomic mass is 35.5. The minimum absolute atomic E-state index is 0.00757. The van der Waals surface area contributed by atoms with Crippen molar-refractivity contribution in [3.63, 3.8) is 0 Å². The molecule has 2 aromatic carbocycles. The van der Waals surface area contributed by atoms with Crippen molar-refractivity contribution >= 4 is 40.6 Å². The number of aliphatic carboxylic acids is 1. The first-order valence-corrected chi connectivity index (χ1v) is 9.73. The molecule has 0 saturated carbocycles. The lowest BCUT2D eigenvalue weighted by Crippen LogP contribution is -2.16. The molecule has 0 radical (unpaired) electrons. The zero-order valence-electron chi connectivity index (χ0n) is 16.0. The van der Waals surface area contributed by atoms with Crippen molar-refractivity contribution in [1.29, 1.82) is 0 Å².